The van der Waals surface area contributed by atoms with E-state index in [9.17, 15) is 9.59 Å². The summed E-state index contributed by atoms with van der Waals surface area (Å²) in [6.07, 6.45) is 4.04. The number of anilines is 2. The number of benzene rings is 1. The molecule has 1 aromatic rings. The lowest BCUT2D eigenvalue weighted by Crippen LogP contribution is -2.42. The van der Waals surface area contributed by atoms with Gasteiger partial charge in [-0.05, 0) is 49.9 Å². The van der Waals surface area contributed by atoms with Crippen molar-refractivity contribution in [1.82, 2.24) is 4.90 Å². The highest BCUT2D eigenvalue weighted by atomic mass is 16.2. The van der Waals surface area contributed by atoms with Crippen LogP contribution in [0.3, 0.4) is 0 Å². The molecule has 2 saturated heterocycles. The highest BCUT2D eigenvalue weighted by Gasteiger charge is 2.28. The Balaban J connectivity index is 1.60. The van der Waals surface area contributed by atoms with Gasteiger partial charge in [-0.15, -0.1) is 0 Å². The zero-order valence-electron chi connectivity index (χ0n) is 14.7. The van der Waals surface area contributed by atoms with Crippen LogP contribution in [0.25, 0.3) is 0 Å². The number of nitrogens with zero attached hydrogens (tertiary/aromatic N) is 3. The van der Waals surface area contributed by atoms with Gasteiger partial charge in [-0.1, -0.05) is 0 Å². The van der Waals surface area contributed by atoms with Crippen LogP contribution in [-0.2, 0) is 9.59 Å². The fourth-order valence-electron chi connectivity index (χ4n) is 3.70. The second-order valence-corrected chi connectivity index (χ2v) is 6.89. The van der Waals surface area contributed by atoms with Crippen molar-refractivity contribution in [2.45, 2.75) is 32.6 Å². The number of rotatable bonds is 3. The Morgan fingerprint density at radius 3 is 2.12 bits per heavy atom. The molecule has 24 heavy (non-hydrogen) atoms. The average molecular weight is 329 g/mol. The van der Waals surface area contributed by atoms with Crippen molar-refractivity contribution < 1.29 is 9.59 Å². The van der Waals surface area contributed by atoms with E-state index in [0.29, 0.717) is 13.1 Å². The summed E-state index contributed by atoms with van der Waals surface area (Å²) in [6.45, 7) is 5.23. The highest BCUT2D eigenvalue weighted by Crippen LogP contribution is 2.26. The van der Waals surface area contributed by atoms with Crippen molar-refractivity contribution in [3.63, 3.8) is 0 Å². The fourth-order valence-corrected chi connectivity index (χ4v) is 3.70. The molecule has 2 fully saturated rings. The van der Waals surface area contributed by atoms with Crippen LogP contribution in [0, 0.1) is 5.92 Å². The van der Waals surface area contributed by atoms with Crippen LogP contribution < -0.4 is 9.80 Å². The molecule has 2 amide bonds. The third kappa shape index (κ3) is 3.55. The van der Waals surface area contributed by atoms with Crippen molar-refractivity contribution >= 4 is 23.2 Å². The largest absolute Gasteiger partial charge is 0.372 e. The molecule has 3 rings (SSSR count). The van der Waals surface area contributed by atoms with Crippen LogP contribution >= 0.6 is 0 Å². The lowest BCUT2D eigenvalue weighted by Gasteiger charge is -2.32. The molecule has 0 saturated carbocycles. The predicted molar refractivity (Wildman–Crippen MR) is 96.3 cm³/mol. The molecule has 0 bridgehead atoms. The van der Waals surface area contributed by atoms with Crippen LogP contribution in [0.2, 0.25) is 0 Å². The first-order valence-electron chi connectivity index (χ1n) is 8.94. The van der Waals surface area contributed by atoms with Crippen LogP contribution in [0.5, 0.6) is 0 Å². The van der Waals surface area contributed by atoms with Crippen LogP contribution in [-0.4, -0.2) is 49.9 Å². The zero-order chi connectivity index (χ0) is 17.1. The number of likely N-dealkylation sites (tertiary alicyclic amines) is 1. The Labute approximate surface area is 144 Å². The molecular formula is C19H27N3O2. The van der Waals surface area contributed by atoms with Gasteiger partial charge in [-0.25, -0.2) is 0 Å². The van der Waals surface area contributed by atoms with Gasteiger partial charge in [0.25, 0.3) is 0 Å². The van der Waals surface area contributed by atoms with Gasteiger partial charge < -0.3 is 14.7 Å². The molecule has 1 aromatic carbocycles. The van der Waals surface area contributed by atoms with Gasteiger partial charge in [-0.2, -0.15) is 0 Å². The molecule has 5 heteroatoms. The third-order valence-electron chi connectivity index (χ3n) is 5.33. The first-order chi connectivity index (χ1) is 11.6. The summed E-state index contributed by atoms with van der Waals surface area (Å²) in [7, 11) is 1.85. The van der Waals surface area contributed by atoms with Crippen molar-refractivity contribution in [3.8, 4) is 0 Å². The summed E-state index contributed by atoms with van der Waals surface area (Å²) in [5, 5.41) is 0. The molecule has 5 nitrogen and oxygen atoms in total. The minimum atomic E-state index is 0.0175. The number of hydrogen-bond donors (Lipinski definition) is 0. The highest BCUT2D eigenvalue weighted by molar-refractivity contribution is 5.94. The topological polar surface area (TPSA) is 43.9 Å². The predicted octanol–water partition coefficient (Wildman–Crippen LogP) is 2.51. The Morgan fingerprint density at radius 2 is 1.58 bits per heavy atom. The second kappa shape index (κ2) is 7.24. The lowest BCUT2D eigenvalue weighted by atomic mass is 9.95. The van der Waals surface area contributed by atoms with E-state index in [-0.39, 0.29) is 17.7 Å². The quantitative estimate of drug-likeness (QED) is 0.856. The molecule has 0 atom stereocenters. The summed E-state index contributed by atoms with van der Waals surface area (Å²) in [6, 6.07) is 8.30. The van der Waals surface area contributed by atoms with Crippen LogP contribution in [0.4, 0.5) is 11.4 Å². The van der Waals surface area contributed by atoms with Crippen molar-refractivity contribution in [2.24, 2.45) is 5.92 Å². The summed E-state index contributed by atoms with van der Waals surface area (Å²) >= 11 is 0. The molecule has 130 valence electrons. The van der Waals surface area contributed by atoms with E-state index >= 15 is 0 Å². The van der Waals surface area contributed by atoms with Crippen molar-refractivity contribution in [3.05, 3.63) is 24.3 Å². The molecule has 2 aliphatic heterocycles. The molecule has 2 aliphatic rings. The van der Waals surface area contributed by atoms with Gasteiger partial charge in [0, 0.05) is 57.4 Å². The van der Waals surface area contributed by atoms with E-state index < -0.39 is 0 Å². The maximum Gasteiger partial charge on any atom is 0.229 e. The molecule has 0 radical (unpaired) electrons. The normalized spacial score (nSPS) is 18.8. The first-order valence-corrected chi connectivity index (χ1v) is 8.94. The number of amides is 2. The van der Waals surface area contributed by atoms with Gasteiger partial charge in [0.15, 0.2) is 0 Å². The van der Waals surface area contributed by atoms with Crippen molar-refractivity contribution in [1.29, 1.82) is 0 Å². The van der Waals surface area contributed by atoms with E-state index in [4.69, 9.17) is 0 Å². The van der Waals surface area contributed by atoms with Gasteiger partial charge in [0.2, 0.25) is 11.8 Å². The molecule has 0 aromatic heterocycles. The van der Waals surface area contributed by atoms with E-state index in [1.54, 1.807) is 11.8 Å². The molecule has 0 N–H and O–H groups in total. The number of piperidine rings is 1. The number of hydrogen-bond acceptors (Lipinski definition) is 3. The summed E-state index contributed by atoms with van der Waals surface area (Å²) < 4.78 is 0. The van der Waals surface area contributed by atoms with Gasteiger partial charge >= 0.3 is 0 Å². The lowest BCUT2D eigenvalue weighted by molar-refractivity contribution is -0.133. The number of carbonyl (C=O) groups is 2. The molecule has 0 aliphatic carbocycles. The standard InChI is InChI=1S/C19H27N3O2/c1-15(23)21-13-9-16(10-14-21)19(24)20(2)17-5-7-18(8-6-17)22-11-3-4-12-22/h5-8,16H,3-4,9-14H2,1-2H3. The van der Waals surface area contributed by atoms with Gasteiger partial charge in [0.1, 0.15) is 0 Å². The van der Waals surface area contributed by atoms with E-state index in [1.807, 2.05) is 24.1 Å². The second-order valence-electron chi connectivity index (χ2n) is 6.89. The number of carbonyl (C=O) groups excluding carboxylic acids is 2. The van der Waals surface area contributed by atoms with Gasteiger partial charge in [0.05, 0.1) is 0 Å². The van der Waals surface area contributed by atoms with E-state index in [0.717, 1.165) is 31.6 Å². The summed E-state index contributed by atoms with van der Waals surface area (Å²) in [5.41, 5.74) is 2.18. The van der Waals surface area contributed by atoms with E-state index in [1.165, 1.54) is 18.5 Å². The molecular weight excluding hydrogens is 302 g/mol. The van der Waals surface area contributed by atoms with Crippen molar-refractivity contribution in [2.75, 3.05) is 43.0 Å². The zero-order valence-corrected chi connectivity index (χ0v) is 14.7. The minimum Gasteiger partial charge on any atom is -0.372 e. The maximum atomic E-state index is 12.7. The summed E-state index contributed by atoms with van der Waals surface area (Å²) in [5.74, 6) is 0.280. The van der Waals surface area contributed by atoms with Crippen LogP contribution in [0.1, 0.15) is 32.6 Å². The smallest absolute Gasteiger partial charge is 0.229 e. The summed E-state index contributed by atoms with van der Waals surface area (Å²) in [4.78, 5) is 30.1. The van der Waals surface area contributed by atoms with E-state index in [2.05, 4.69) is 17.0 Å². The molecule has 0 spiro atoms. The monoisotopic (exact) mass is 329 g/mol. The Morgan fingerprint density at radius 1 is 1.00 bits per heavy atom. The Kier molecular flexibility index (Phi) is 5.07. The molecule has 2 heterocycles. The van der Waals surface area contributed by atoms with Gasteiger partial charge in [-0.3, -0.25) is 9.59 Å². The van der Waals surface area contributed by atoms with Crippen LogP contribution in [0.15, 0.2) is 24.3 Å². The first kappa shape index (κ1) is 16.8. The SMILES string of the molecule is CC(=O)N1CCC(C(=O)N(C)c2ccc(N3CCCC3)cc2)CC1. The average Bonchev–Trinajstić information content (AvgIpc) is 3.15. The molecule has 0 unspecified atom stereocenters. The third-order valence-corrected chi connectivity index (χ3v) is 5.33. The Hall–Kier alpha value is -2.04. The maximum absolute atomic E-state index is 12.7. The minimum absolute atomic E-state index is 0.0175. The Bertz CT molecular complexity index is 585. The fraction of sp³-hybridized carbons (Fsp3) is 0.579.